The lowest BCUT2D eigenvalue weighted by atomic mass is 9.86. The maximum absolute atomic E-state index is 12.1. The van der Waals surface area contributed by atoms with Crippen LogP contribution in [0.2, 0.25) is 19.6 Å². The zero-order valence-electron chi connectivity index (χ0n) is 13.2. The first-order valence-electron chi connectivity index (χ1n) is 6.74. The van der Waals surface area contributed by atoms with Crippen molar-refractivity contribution in [3.05, 3.63) is 22.9 Å². The largest absolute Gasteiger partial charge is 0.468 e. The molecule has 0 radical (unpaired) electrons. The maximum atomic E-state index is 12.1. The molecule has 112 valence electrons. The van der Waals surface area contributed by atoms with Crippen LogP contribution >= 0.6 is 0 Å². The predicted octanol–water partition coefficient (Wildman–Crippen LogP) is 2.86. The Morgan fingerprint density at radius 1 is 1.05 bits per heavy atom. The first kappa shape index (κ1) is 16.7. The molecule has 0 unspecified atom stereocenters. The lowest BCUT2D eigenvalue weighted by Gasteiger charge is -2.22. The zero-order chi connectivity index (χ0) is 15.6. The molecule has 0 bridgehead atoms. The molecule has 1 saturated carbocycles. The van der Waals surface area contributed by atoms with Crippen molar-refractivity contribution in [2.75, 3.05) is 14.2 Å². The number of methoxy groups -OCH3 is 2. The maximum Gasteiger partial charge on any atom is 0.323 e. The van der Waals surface area contributed by atoms with Gasteiger partial charge < -0.3 is 9.47 Å². The average Bonchev–Trinajstić information content (AvgIpc) is 2.74. The molecule has 0 heterocycles. The molecule has 4 nitrogen and oxygen atoms in total. The van der Waals surface area contributed by atoms with Crippen molar-refractivity contribution in [2.45, 2.75) is 39.4 Å². The van der Waals surface area contributed by atoms with Crippen LogP contribution in [0.3, 0.4) is 0 Å². The van der Waals surface area contributed by atoms with Crippen molar-refractivity contribution in [2.24, 2.45) is 5.41 Å². The van der Waals surface area contributed by atoms with Crippen LogP contribution in [-0.4, -0.2) is 34.2 Å². The van der Waals surface area contributed by atoms with Gasteiger partial charge in [0.2, 0.25) is 0 Å². The number of carbonyl (C=O) groups excluding carboxylic acids is 2. The van der Waals surface area contributed by atoms with Gasteiger partial charge in [-0.05, 0) is 25.3 Å². The summed E-state index contributed by atoms with van der Waals surface area (Å²) in [4.78, 5) is 24.3. The molecule has 0 amide bonds. The summed E-state index contributed by atoms with van der Waals surface area (Å²) in [6, 6.07) is 0. The smallest absolute Gasteiger partial charge is 0.323 e. The van der Waals surface area contributed by atoms with Crippen LogP contribution in [0, 0.1) is 5.41 Å². The molecule has 1 aliphatic carbocycles. The highest BCUT2D eigenvalue weighted by Gasteiger charge is 2.53. The third kappa shape index (κ3) is 3.20. The third-order valence-corrected chi connectivity index (χ3v) is 4.72. The van der Waals surface area contributed by atoms with Gasteiger partial charge in [-0.1, -0.05) is 37.0 Å². The molecule has 1 fully saturated rings. The van der Waals surface area contributed by atoms with Crippen molar-refractivity contribution in [3.63, 3.8) is 0 Å². The van der Waals surface area contributed by atoms with E-state index in [4.69, 9.17) is 9.47 Å². The SMILES string of the molecule is C/C=C1/CC(C(=O)OC)(C(=O)OC)C/C1=C/[Si](C)(C)C. The number of esters is 2. The second-order valence-corrected chi connectivity index (χ2v) is 11.3. The Labute approximate surface area is 121 Å². The van der Waals surface area contributed by atoms with Crippen molar-refractivity contribution in [3.8, 4) is 0 Å². The second-order valence-electron chi connectivity index (χ2n) is 6.27. The molecule has 0 aromatic carbocycles. The number of rotatable bonds is 3. The molecule has 1 rings (SSSR count). The van der Waals surface area contributed by atoms with E-state index in [2.05, 4.69) is 25.3 Å². The highest BCUT2D eigenvalue weighted by atomic mass is 28.3. The van der Waals surface area contributed by atoms with Crippen molar-refractivity contribution in [1.82, 2.24) is 0 Å². The Balaban J connectivity index is 3.30. The second kappa shape index (κ2) is 5.95. The van der Waals surface area contributed by atoms with E-state index in [1.807, 2.05) is 13.0 Å². The molecule has 5 heteroatoms. The average molecular weight is 296 g/mol. The highest BCUT2D eigenvalue weighted by Crippen LogP contribution is 2.47. The van der Waals surface area contributed by atoms with Crippen LogP contribution in [0.5, 0.6) is 0 Å². The van der Waals surface area contributed by atoms with E-state index in [1.165, 1.54) is 14.2 Å². The van der Waals surface area contributed by atoms with Crippen LogP contribution in [0.1, 0.15) is 19.8 Å². The fourth-order valence-electron chi connectivity index (χ4n) is 2.66. The van der Waals surface area contributed by atoms with E-state index < -0.39 is 25.4 Å². The van der Waals surface area contributed by atoms with Crippen LogP contribution in [0.15, 0.2) is 22.9 Å². The Bertz CT molecular complexity index is 453. The molecule has 0 atom stereocenters. The van der Waals surface area contributed by atoms with E-state index in [0.29, 0.717) is 12.8 Å². The normalized spacial score (nSPS) is 22.1. The number of carbonyl (C=O) groups is 2. The third-order valence-electron chi connectivity index (χ3n) is 3.50. The van der Waals surface area contributed by atoms with Gasteiger partial charge in [-0.3, -0.25) is 9.59 Å². The van der Waals surface area contributed by atoms with Crippen molar-refractivity contribution >= 4 is 20.0 Å². The summed E-state index contributed by atoms with van der Waals surface area (Å²) >= 11 is 0. The van der Waals surface area contributed by atoms with E-state index in [9.17, 15) is 9.59 Å². The highest BCUT2D eigenvalue weighted by molar-refractivity contribution is 6.81. The van der Waals surface area contributed by atoms with Gasteiger partial charge in [-0.2, -0.15) is 0 Å². The summed E-state index contributed by atoms with van der Waals surface area (Å²) in [7, 11) is 1.18. The van der Waals surface area contributed by atoms with Gasteiger partial charge in [0, 0.05) is 0 Å². The topological polar surface area (TPSA) is 52.6 Å². The molecule has 0 N–H and O–H groups in total. The molecular formula is C15H24O4Si. The predicted molar refractivity (Wildman–Crippen MR) is 80.9 cm³/mol. The van der Waals surface area contributed by atoms with Gasteiger partial charge in [-0.25, -0.2) is 0 Å². The van der Waals surface area contributed by atoms with Crippen molar-refractivity contribution < 1.29 is 19.1 Å². The first-order valence-corrected chi connectivity index (χ1v) is 10.3. The molecule has 0 spiro atoms. The summed E-state index contributed by atoms with van der Waals surface area (Å²) in [6.07, 6.45) is 2.70. The molecule has 0 aliphatic heterocycles. The molecular weight excluding hydrogens is 272 g/mol. The Kier molecular flexibility index (Phi) is 4.97. The molecule has 20 heavy (non-hydrogen) atoms. The minimum atomic E-state index is -1.44. The summed E-state index contributed by atoms with van der Waals surface area (Å²) in [5.41, 5.74) is 3.16. The monoisotopic (exact) mass is 296 g/mol. The molecule has 0 aromatic heterocycles. The number of hydrogen-bond acceptors (Lipinski definition) is 4. The van der Waals surface area contributed by atoms with E-state index in [-0.39, 0.29) is 0 Å². The fraction of sp³-hybridized carbons (Fsp3) is 0.600. The summed E-state index contributed by atoms with van der Waals surface area (Å²) in [6.45, 7) is 8.61. The Hall–Kier alpha value is -1.36. The van der Waals surface area contributed by atoms with Crippen LogP contribution in [0.4, 0.5) is 0 Å². The molecule has 0 saturated heterocycles. The summed E-state index contributed by atoms with van der Waals surface area (Å²) in [5, 5.41) is 0. The van der Waals surface area contributed by atoms with Gasteiger partial charge in [0.15, 0.2) is 5.41 Å². The Morgan fingerprint density at radius 3 is 1.85 bits per heavy atom. The minimum absolute atomic E-state index is 0.360. The number of allylic oxidation sites excluding steroid dienone is 3. The van der Waals surface area contributed by atoms with Gasteiger partial charge >= 0.3 is 11.9 Å². The van der Waals surface area contributed by atoms with Gasteiger partial charge in [0.1, 0.15) is 0 Å². The van der Waals surface area contributed by atoms with Crippen LogP contribution < -0.4 is 0 Å². The lowest BCUT2D eigenvalue weighted by Crippen LogP contribution is -2.38. The fourth-order valence-corrected chi connectivity index (χ4v) is 3.99. The number of hydrogen-bond donors (Lipinski definition) is 0. The summed E-state index contributed by atoms with van der Waals surface area (Å²) < 4.78 is 9.70. The van der Waals surface area contributed by atoms with E-state index >= 15 is 0 Å². The van der Waals surface area contributed by atoms with Crippen molar-refractivity contribution in [1.29, 1.82) is 0 Å². The van der Waals surface area contributed by atoms with E-state index in [1.54, 1.807) is 0 Å². The lowest BCUT2D eigenvalue weighted by molar-refractivity contribution is -0.168. The number of ether oxygens (including phenoxy) is 2. The van der Waals surface area contributed by atoms with Gasteiger partial charge in [0.25, 0.3) is 0 Å². The van der Waals surface area contributed by atoms with Gasteiger partial charge in [-0.15, -0.1) is 0 Å². The Morgan fingerprint density at radius 2 is 1.50 bits per heavy atom. The van der Waals surface area contributed by atoms with Gasteiger partial charge in [0.05, 0.1) is 22.3 Å². The zero-order valence-corrected chi connectivity index (χ0v) is 14.2. The standard InChI is InChI=1S/C15H24O4Si/c1-7-11-8-15(13(16)18-2,14(17)19-3)9-12(11)10-20(4,5)6/h7,10H,8-9H2,1-6H3/b11-7-,12-10-. The van der Waals surface area contributed by atoms with Crippen LogP contribution in [-0.2, 0) is 19.1 Å². The molecule has 0 aromatic rings. The quantitative estimate of drug-likeness (QED) is 0.456. The summed E-state index contributed by atoms with van der Waals surface area (Å²) in [5.74, 6) is -1.02. The minimum Gasteiger partial charge on any atom is -0.468 e. The van der Waals surface area contributed by atoms with E-state index in [0.717, 1.165) is 11.1 Å². The van der Waals surface area contributed by atoms with Crippen LogP contribution in [0.25, 0.3) is 0 Å². The first-order chi connectivity index (χ1) is 9.20. The molecule has 1 aliphatic rings.